The molecule has 4 saturated carbocycles. The number of hydrogen-bond donors (Lipinski definition) is 1. The van der Waals surface area contributed by atoms with Gasteiger partial charge in [-0.15, -0.1) is 0 Å². The van der Waals surface area contributed by atoms with Crippen LogP contribution in [0.25, 0.3) is 0 Å². The third-order valence-corrected chi connectivity index (χ3v) is 10.2. The van der Waals surface area contributed by atoms with E-state index < -0.39 is 11.9 Å². The minimum absolute atomic E-state index is 0.0833. The number of carbonyl (C=O) groups is 1. The van der Waals surface area contributed by atoms with Crippen molar-refractivity contribution in [1.82, 2.24) is 0 Å². The lowest BCUT2D eigenvalue weighted by Crippen LogP contribution is -2.55. The van der Waals surface area contributed by atoms with Gasteiger partial charge in [-0.05, 0) is 97.7 Å². The molecule has 4 fully saturated rings. The lowest BCUT2D eigenvalue weighted by atomic mass is 9.44. The zero-order chi connectivity index (χ0) is 20.3. The van der Waals surface area contributed by atoms with Crippen LogP contribution in [0.1, 0.15) is 91.4 Å². The molecule has 2 nitrogen and oxygen atoms in total. The van der Waals surface area contributed by atoms with Crippen LogP contribution in [0.15, 0.2) is 0 Å². The van der Waals surface area contributed by atoms with E-state index >= 15 is 0 Å². The molecule has 0 aromatic heterocycles. The molecule has 0 amide bonds. The predicted molar refractivity (Wildman–Crippen MR) is 106 cm³/mol. The number of hydrogen-bond acceptors (Lipinski definition) is 1. The van der Waals surface area contributed by atoms with Crippen molar-refractivity contribution in [2.24, 2.45) is 46.3 Å². The fourth-order valence-electron chi connectivity index (χ4n) is 8.70. The number of rotatable bonds is 4. The van der Waals surface area contributed by atoms with Crippen molar-refractivity contribution >= 4 is 5.97 Å². The molecular weight excluding hydrogens is 358 g/mol. The van der Waals surface area contributed by atoms with Crippen LogP contribution >= 0.6 is 0 Å². The van der Waals surface area contributed by atoms with E-state index in [2.05, 4.69) is 20.8 Å². The molecule has 4 aliphatic rings. The van der Waals surface area contributed by atoms with Crippen LogP contribution in [0.4, 0.5) is 8.78 Å². The Morgan fingerprint density at radius 1 is 1.00 bits per heavy atom. The predicted octanol–water partition coefficient (Wildman–Crippen LogP) is 6.78. The van der Waals surface area contributed by atoms with E-state index in [0.717, 1.165) is 19.3 Å². The monoisotopic (exact) mass is 396 g/mol. The third kappa shape index (κ3) is 3.21. The molecule has 0 spiro atoms. The molecule has 1 N–H and O–H groups in total. The Kier molecular flexibility index (Phi) is 5.11. The summed E-state index contributed by atoms with van der Waals surface area (Å²) in [4.78, 5) is 11.0. The van der Waals surface area contributed by atoms with E-state index in [0.29, 0.717) is 41.4 Å². The average Bonchev–Trinajstić information content (AvgIpc) is 2.97. The molecule has 0 saturated heterocycles. The second-order valence-electron chi connectivity index (χ2n) is 11.4. The second kappa shape index (κ2) is 6.94. The summed E-state index contributed by atoms with van der Waals surface area (Å²) in [5, 5.41) is 9.08. The number of alkyl halides is 2. The van der Waals surface area contributed by atoms with Gasteiger partial charge in [0.05, 0.1) is 0 Å². The number of halogens is 2. The number of carboxylic acids is 1. The first-order chi connectivity index (χ1) is 13.1. The molecule has 0 radical (unpaired) electrons. The molecule has 0 heterocycles. The number of aliphatic carboxylic acids is 1. The van der Waals surface area contributed by atoms with Crippen molar-refractivity contribution in [2.45, 2.75) is 97.3 Å². The van der Waals surface area contributed by atoms with Gasteiger partial charge < -0.3 is 5.11 Å². The highest BCUT2D eigenvalue weighted by Crippen LogP contribution is 2.69. The first kappa shape index (κ1) is 20.6. The maximum Gasteiger partial charge on any atom is 0.303 e. The summed E-state index contributed by atoms with van der Waals surface area (Å²) in [5.74, 6) is 0.185. The van der Waals surface area contributed by atoms with Crippen molar-refractivity contribution in [3.63, 3.8) is 0 Å². The second-order valence-corrected chi connectivity index (χ2v) is 11.4. The van der Waals surface area contributed by atoms with Gasteiger partial charge in [0.1, 0.15) is 0 Å². The molecule has 2 unspecified atom stereocenters. The molecule has 4 heteroatoms. The minimum Gasteiger partial charge on any atom is -0.481 e. The maximum atomic E-state index is 14.1. The Bertz CT molecular complexity index is 620. The first-order valence-electron chi connectivity index (χ1n) is 11.7. The van der Waals surface area contributed by atoms with E-state index in [1.54, 1.807) is 0 Å². The van der Waals surface area contributed by atoms with Crippen LogP contribution in [-0.4, -0.2) is 17.0 Å². The molecule has 0 bridgehead atoms. The Labute approximate surface area is 168 Å². The fourth-order valence-corrected chi connectivity index (χ4v) is 8.70. The molecule has 4 aliphatic carbocycles. The molecule has 0 aliphatic heterocycles. The van der Waals surface area contributed by atoms with Crippen molar-refractivity contribution in [3.05, 3.63) is 0 Å². The molecule has 28 heavy (non-hydrogen) atoms. The molecule has 0 aromatic rings. The van der Waals surface area contributed by atoms with Gasteiger partial charge in [-0.1, -0.05) is 20.8 Å². The van der Waals surface area contributed by atoms with E-state index in [-0.39, 0.29) is 30.6 Å². The van der Waals surface area contributed by atoms with Gasteiger partial charge in [0.25, 0.3) is 0 Å². The van der Waals surface area contributed by atoms with Crippen LogP contribution in [-0.2, 0) is 4.79 Å². The quantitative estimate of drug-likeness (QED) is 0.568. The fraction of sp³-hybridized carbons (Fsp3) is 0.958. The summed E-state index contributed by atoms with van der Waals surface area (Å²) in [6.07, 6.45) is 8.97. The molecule has 8 atom stereocenters. The highest BCUT2D eigenvalue weighted by molar-refractivity contribution is 5.66. The van der Waals surface area contributed by atoms with Crippen LogP contribution in [0.5, 0.6) is 0 Å². The summed E-state index contributed by atoms with van der Waals surface area (Å²) in [6, 6.07) is 0. The van der Waals surface area contributed by atoms with Gasteiger partial charge in [-0.2, -0.15) is 0 Å². The smallest absolute Gasteiger partial charge is 0.303 e. The average molecular weight is 397 g/mol. The minimum atomic E-state index is -2.45. The van der Waals surface area contributed by atoms with Gasteiger partial charge in [0, 0.05) is 19.3 Å². The van der Waals surface area contributed by atoms with Gasteiger partial charge in [0.2, 0.25) is 5.92 Å². The molecule has 160 valence electrons. The zero-order valence-corrected chi connectivity index (χ0v) is 17.9. The van der Waals surface area contributed by atoms with Crippen LogP contribution < -0.4 is 0 Å². The lowest BCUT2D eigenvalue weighted by molar-refractivity contribution is -0.164. The topological polar surface area (TPSA) is 37.3 Å². The summed E-state index contributed by atoms with van der Waals surface area (Å²) >= 11 is 0. The van der Waals surface area contributed by atoms with Gasteiger partial charge in [-0.3, -0.25) is 4.79 Å². The zero-order valence-electron chi connectivity index (χ0n) is 17.9. The Morgan fingerprint density at radius 3 is 2.43 bits per heavy atom. The Hall–Kier alpha value is -0.670. The van der Waals surface area contributed by atoms with E-state index in [4.69, 9.17) is 5.11 Å². The summed E-state index contributed by atoms with van der Waals surface area (Å²) in [5.41, 5.74) is 0.430. The van der Waals surface area contributed by atoms with Gasteiger partial charge in [-0.25, -0.2) is 8.78 Å². The highest BCUT2D eigenvalue weighted by Gasteiger charge is 2.62. The van der Waals surface area contributed by atoms with Crippen molar-refractivity contribution in [3.8, 4) is 0 Å². The number of carboxylic acid groups (broad SMARTS) is 1. The molecule has 4 rings (SSSR count). The lowest BCUT2D eigenvalue weighted by Gasteiger charge is -2.61. The SMILES string of the molecule is C[C@H](CCC(=O)O)C1CC[C@H]2[C@@H]3CC[C@@H]4CC(F)(F)CCC4(C)[C@H]3CC[C@]12C. The first-order valence-corrected chi connectivity index (χ1v) is 11.7. The Balaban J connectivity index is 1.51. The standard InChI is InChI=1S/C24H38F2O2/c1-15(4-9-21(27)28)18-7-8-19-17-6-5-16-14-24(25,26)13-12-22(16,2)20(17)10-11-23(18,19)3/h15-20H,4-14H2,1-3H3,(H,27,28)/t15-,16-,17+,18?,19+,20+,22?,23-/m1/s1. The largest absolute Gasteiger partial charge is 0.481 e. The van der Waals surface area contributed by atoms with E-state index in [1.807, 2.05) is 0 Å². The summed E-state index contributed by atoms with van der Waals surface area (Å²) in [6.45, 7) is 7.08. The van der Waals surface area contributed by atoms with Crippen molar-refractivity contribution in [1.29, 1.82) is 0 Å². The normalized spacial score (nSPS) is 48.2. The highest BCUT2D eigenvalue weighted by atomic mass is 19.3. The van der Waals surface area contributed by atoms with Gasteiger partial charge in [0.15, 0.2) is 0 Å². The number of fused-ring (bicyclic) bond motifs is 5. The van der Waals surface area contributed by atoms with Crippen molar-refractivity contribution < 1.29 is 18.7 Å². The molecular formula is C24H38F2O2. The van der Waals surface area contributed by atoms with Crippen LogP contribution in [0.2, 0.25) is 0 Å². The van der Waals surface area contributed by atoms with Crippen LogP contribution in [0, 0.1) is 46.3 Å². The summed E-state index contributed by atoms with van der Waals surface area (Å²) in [7, 11) is 0. The molecule has 0 aromatic carbocycles. The van der Waals surface area contributed by atoms with Gasteiger partial charge >= 0.3 is 5.97 Å². The Morgan fingerprint density at radius 2 is 1.71 bits per heavy atom. The van der Waals surface area contributed by atoms with E-state index in [1.165, 1.54) is 25.7 Å². The summed E-state index contributed by atoms with van der Waals surface area (Å²) < 4.78 is 28.1. The van der Waals surface area contributed by atoms with E-state index in [9.17, 15) is 13.6 Å². The van der Waals surface area contributed by atoms with Crippen LogP contribution in [0.3, 0.4) is 0 Å². The maximum absolute atomic E-state index is 14.1. The van der Waals surface area contributed by atoms with Crippen molar-refractivity contribution in [2.75, 3.05) is 0 Å². The third-order valence-electron chi connectivity index (χ3n) is 10.2.